The highest BCUT2D eigenvalue weighted by Crippen LogP contribution is 2.36. The number of likely N-dealkylation sites (N-methyl/N-ethyl adjacent to an activating group) is 2. The minimum absolute atomic E-state index is 0.0478. The molecule has 12 nitrogen and oxygen atoms in total. The standard InChI is InChI=1S/C22H36N8O4/c1-6-28(7-2)13-11-23-19-18(30(33)34)17(24-14-15-10-9-12-29(15)8-3)16-20(25-19)26(4)22(32)27(5)21(16)31/h15H,6-14H2,1-5H3,(H2,23,24,25). The Balaban J connectivity index is 2.14. The van der Waals surface area contributed by atoms with E-state index < -0.39 is 16.2 Å². The summed E-state index contributed by atoms with van der Waals surface area (Å²) < 4.78 is 2.22. The van der Waals surface area contributed by atoms with Crippen LogP contribution in [0.15, 0.2) is 9.59 Å². The fourth-order valence-electron chi connectivity index (χ4n) is 4.69. The topological polar surface area (TPSA) is 131 Å². The van der Waals surface area contributed by atoms with E-state index in [1.807, 2.05) is 0 Å². The molecule has 1 unspecified atom stereocenters. The number of fused-ring (bicyclic) bond motifs is 1. The van der Waals surface area contributed by atoms with Gasteiger partial charge < -0.3 is 15.5 Å². The summed E-state index contributed by atoms with van der Waals surface area (Å²) in [5.41, 5.74) is -1.19. The van der Waals surface area contributed by atoms with E-state index in [4.69, 9.17) is 0 Å². The van der Waals surface area contributed by atoms with Crippen LogP contribution in [0.1, 0.15) is 33.6 Å². The summed E-state index contributed by atoms with van der Waals surface area (Å²) in [4.78, 5) is 46.3. The predicted molar refractivity (Wildman–Crippen MR) is 134 cm³/mol. The normalized spacial score (nSPS) is 16.5. The van der Waals surface area contributed by atoms with Gasteiger partial charge in [-0.15, -0.1) is 0 Å². The molecule has 2 aromatic rings. The van der Waals surface area contributed by atoms with Gasteiger partial charge in [0.05, 0.1) is 4.92 Å². The molecule has 12 heteroatoms. The maximum atomic E-state index is 13.1. The average Bonchev–Trinajstić information content (AvgIpc) is 3.29. The lowest BCUT2D eigenvalue weighted by atomic mass is 10.1. The van der Waals surface area contributed by atoms with Gasteiger partial charge in [0, 0.05) is 39.8 Å². The summed E-state index contributed by atoms with van der Waals surface area (Å²) >= 11 is 0. The quantitative estimate of drug-likeness (QED) is 0.363. The van der Waals surface area contributed by atoms with Crippen molar-refractivity contribution >= 4 is 28.2 Å². The zero-order valence-corrected chi connectivity index (χ0v) is 20.8. The summed E-state index contributed by atoms with van der Waals surface area (Å²) in [7, 11) is 2.88. The van der Waals surface area contributed by atoms with Crippen LogP contribution in [0.5, 0.6) is 0 Å². The second-order valence-corrected chi connectivity index (χ2v) is 8.60. The molecular formula is C22H36N8O4. The lowest BCUT2D eigenvalue weighted by molar-refractivity contribution is -0.383. The molecule has 0 radical (unpaired) electrons. The monoisotopic (exact) mass is 476 g/mol. The number of pyridine rings is 1. The van der Waals surface area contributed by atoms with Crippen LogP contribution in [-0.4, -0.2) is 80.7 Å². The van der Waals surface area contributed by atoms with Crippen LogP contribution in [0.4, 0.5) is 17.2 Å². The molecule has 3 rings (SSSR count). The average molecular weight is 477 g/mol. The molecule has 1 saturated heterocycles. The van der Waals surface area contributed by atoms with E-state index in [1.165, 1.54) is 18.7 Å². The van der Waals surface area contributed by atoms with Crippen molar-refractivity contribution in [2.45, 2.75) is 39.7 Å². The molecule has 2 N–H and O–H groups in total. The van der Waals surface area contributed by atoms with Gasteiger partial charge in [0.15, 0.2) is 5.65 Å². The molecule has 1 fully saturated rings. The SMILES string of the molecule is CCN(CC)CCNc1nc2c(c(NCC3CCCN3CC)c1[N+](=O)[O-])c(=O)n(C)c(=O)n2C. The lowest BCUT2D eigenvalue weighted by Gasteiger charge is -2.24. The third-order valence-electron chi connectivity index (χ3n) is 6.78. The zero-order chi connectivity index (χ0) is 25.0. The Kier molecular flexibility index (Phi) is 8.26. The van der Waals surface area contributed by atoms with Crippen LogP contribution in [0, 0.1) is 10.1 Å². The lowest BCUT2D eigenvalue weighted by Crippen LogP contribution is -2.38. The molecule has 0 spiro atoms. The number of likely N-dealkylation sites (tertiary alicyclic amines) is 1. The van der Waals surface area contributed by atoms with E-state index >= 15 is 0 Å². The number of aromatic nitrogens is 3. The Labute approximate surface area is 198 Å². The van der Waals surface area contributed by atoms with Crippen molar-refractivity contribution in [1.82, 2.24) is 23.9 Å². The molecule has 0 aromatic carbocycles. The maximum absolute atomic E-state index is 13.1. The summed E-state index contributed by atoms with van der Waals surface area (Å²) in [5.74, 6) is 0.0502. The van der Waals surface area contributed by atoms with Crippen LogP contribution in [0.2, 0.25) is 0 Å². The number of nitro groups is 1. The number of nitrogens with zero attached hydrogens (tertiary/aromatic N) is 6. The molecule has 1 atom stereocenters. The van der Waals surface area contributed by atoms with Crippen LogP contribution >= 0.6 is 0 Å². The third kappa shape index (κ3) is 4.92. The third-order valence-corrected chi connectivity index (χ3v) is 6.78. The van der Waals surface area contributed by atoms with Gasteiger partial charge in [0.25, 0.3) is 5.56 Å². The van der Waals surface area contributed by atoms with Crippen molar-refractivity contribution in [1.29, 1.82) is 0 Å². The predicted octanol–water partition coefficient (Wildman–Crippen LogP) is 1.19. The van der Waals surface area contributed by atoms with E-state index in [2.05, 4.69) is 46.2 Å². The van der Waals surface area contributed by atoms with Crippen molar-refractivity contribution in [2.75, 3.05) is 56.4 Å². The number of anilines is 2. The number of rotatable bonds is 11. The second kappa shape index (κ2) is 11.0. The summed E-state index contributed by atoms with van der Waals surface area (Å²) in [6.45, 7) is 11.4. The van der Waals surface area contributed by atoms with Crippen molar-refractivity contribution in [3.8, 4) is 0 Å². The van der Waals surface area contributed by atoms with Gasteiger partial charge in [-0.25, -0.2) is 9.78 Å². The highest BCUT2D eigenvalue weighted by atomic mass is 16.6. The Morgan fingerprint density at radius 3 is 2.47 bits per heavy atom. The van der Waals surface area contributed by atoms with Gasteiger partial charge in [0.1, 0.15) is 11.1 Å². The fourth-order valence-corrected chi connectivity index (χ4v) is 4.69. The highest BCUT2D eigenvalue weighted by Gasteiger charge is 2.30. The number of nitrogens with one attached hydrogen (secondary N) is 2. The first-order chi connectivity index (χ1) is 16.2. The first-order valence-electron chi connectivity index (χ1n) is 12.0. The van der Waals surface area contributed by atoms with Crippen LogP contribution in [0.25, 0.3) is 11.0 Å². The highest BCUT2D eigenvalue weighted by molar-refractivity contribution is 5.97. The Bertz CT molecular complexity index is 1150. The van der Waals surface area contributed by atoms with Gasteiger partial charge in [0.2, 0.25) is 5.82 Å². The molecule has 3 heterocycles. The van der Waals surface area contributed by atoms with Gasteiger partial charge in [-0.1, -0.05) is 20.8 Å². The Morgan fingerprint density at radius 1 is 1.15 bits per heavy atom. The van der Waals surface area contributed by atoms with Gasteiger partial charge in [-0.3, -0.25) is 28.9 Å². The van der Waals surface area contributed by atoms with Crippen molar-refractivity contribution in [2.24, 2.45) is 14.1 Å². The summed E-state index contributed by atoms with van der Waals surface area (Å²) in [6, 6.07) is 0.211. The molecular weight excluding hydrogens is 440 g/mol. The summed E-state index contributed by atoms with van der Waals surface area (Å²) in [5, 5.41) is 18.6. The molecule has 188 valence electrons. The van der Waals surface area contributed by atoms with E-state index in [1.54, 1.807) is 0 Å². The Morgan fingerprint density at radius 2 is 1.85 bits per heavy atom. The molecule has 1 aliphatic rings. The van der Waals surface area contributed by atoms with Crippen LogP contribution < -0.4 is 21.9 Å². The van der Waals surface area contributed by atoms with Gasteiger partial charge >= 0.3 is 11.4 Å². The maximum Gasteiger partial charge on any atom is 0.335 e. The molecule has 0 amide bonds. The van der Waals surface area contributed by atoms with Crippen LogP contribution in [0.3, 0.4) is 0 Å². The minimum Gasteiger partial charge on any atom is -0.377 e. The number of aryl methyl sites for hydroxylation is 1. The number of hydrogen-bond acceptors (Lipinski definition) is 9. The van der Waals surface area contributed by atoms with E-state index in [0.29, 0.717) is 19.6 Å². The smallest absolute Gasteiger partial charge is 0.335 e. The first-order valence-corrected chi connectivity index (χ1v) is 12.0. The molecule has 0 aliphatic carbocycles. The van der Waals surface area contributed by atoms with Gasteiger partial charge in [-0.2, -0.15) is 0 Å². The van der Waals surface area contributed by atoms with E-state index in [9.17, 15) is 19.7 Å². The van der Waals surface area contributed by atoms with E-state index in [-0.39, 0.29) is 34.3 Å². The van der Waals surface area contributed by atoms with Crippen molar-refractivity contribution < 1.29 is 4.92 Å². The molecule has 34 heavy (non-hydrogen) atoms. The molecule has 0 bridgehead atoms. The van der Waals surface area contributed by atoms with E-state index in [0.717, 1.165) is 43.6 Å². The fraction of sp³-hybridized carbons (Fsp3) is 0.682. The number of hydrogen-bond donors (Lipinski definition) is 2. The zero-order valence-electron chi connectivity index (χ0n) is 20.8. The second-order valence-electron chi connectivity index (χ2n) is 8.60. The Hall–Kier alpha value is -2.99. The van der Waals surface area contributed by atoms with Gasteiger partial charge in [-0.05, 0) is 39.0 Å². The van der Waals surface area contributed by atoms with Crippen LogP contribution in [-0.2, 0) is 14.1 Å². The largest absolute Gasteiger partial charge is 0.377 e. The first kappa shape index (κ1) is 25.6. The van der Waals surface area contributed by atoms with Crippen molar-refractivity contribution in [3.63, 3.8) is 0 Å². The molecule has 0 saturated carbocycles. The minimum atomic E-state index is -0.607. The summed E-state index contributed by atoms with van der Waals surface area (Å²) in [6.07, 6.45) is 2.04. The molecule has 1 aliphatic heterocycles. The molecule has 2 aromatic heterocycles. The van der Waals surface area contributed by atoms with Crippen molar-refractivity contribution in [3.05, 3.63) is 31.0 Å².